The molecule has 24 heterocycles. The van der Waals surface area contributed by atoms with Crippen LogP contribution in [0.15, 0.2) is 401 Å². The van der Waals surface area contributed by atoms with Crippen LogP contribution >= 0.6 is 15.6 Å². The molecule has 0 spiro atoms. The molecule has 15 aliphatic rings. The molecule has 0 amide bonds. The molecule has 15 aromatic carbocycles. The van der Waals surface area contributed by atoms with Crippen LogP contribution in [0.2, 0.25) is 0 Å². The number of para-hydroxylation sites is 5. The van der Waals surface area contributed by atoms with Gasteiger partial charge in [0.2, 0.25) is 29.4 Å². The van der Waals surface area contributed by atoms with Gasteiger partial charge in [0.1, 0.15) is 73.5 Å². The van der Waals surface area contributed by atoms with Crippen LogP contribution in [0.25, 0.3) is 133 Å². The standard InChI is InChI=1S/C26H18BN3P.2C25H16BN2O2.C24H14BN2O2.C22H15BN2OP/c1-2-9-18(10-3-1)31-23-15-7-6-14-22(23)30-24-19-11-4-5-13-21(19)29-17-28-16-8-12-20(27(30)31)25(28)26(24)29;1-14-7-8-21-16(10-14)17-11-23-20(12-22(17)29-21)28-19-6-3-9-27-13-15-4-2-5-18(26(28)30-23)24(15)25(19)27;1-14-9-20-25-24-15(13-27(25)12-14)5-4-7-18(24)26-28(20)19-11-22-17(10-23(19)30-26)16-6-2-3-8-21(16)29-22;1-2-9-20-15(6-1)16-11-22-19(12-21(16)28-20)27-18-8-4-10-26-13-14-5-3-7-17(25(27)29-22)23(14)24(18)26;1-2-8-16(9-3-1)27-19-12-5-4-11-18(19)25-22-21-20-15(13-24(21)14-26-22)7-6-10-17(20)23(25)27/h1-16H,17H2;2*2-12H,13H2,1H3;1-12H,13H2;1-12,14H,13H2/q5*+1. The van der Waals surface area contributed by atoms with Crippen molar-refractivity contribution in [1.29, 1.82) is 0 Å². The van der Waals surface area contributed by atoms with E-state index in [2.05, 4.69) is 412 Å². The van der Waals surface area contributed by atoms with Crippen LogP contribution in [0.4, 0.5) is 57.1 Å². The molecule has 0 aliphatic carbocycles. The van der Waals surface area contributed by atoms with Crippen molar-refractivity contribution in [2.45, 2.75) is 46.7 Å². The Bertz CT molecular complexity index is 10100. The Labute approximate surface area is 846 Å². The molecule has 0 saturated carbocycles. The monoisotopic (exact) mass is 1930 g/mol. The van der Waals surface area contributed by atoms with E-state index in [1.807, 2.05) is 36.7 Å². The molecule has 2 atom stereocenters. The Kier molecular flexibility index (Phi) is 15.9. The third-order valence-electron chi connectivity index (χ3n) is 33.0. The summed E-state index contributed by atoms with van der Waals surface area (Å²) in [6.07, 6.45) is 10.7. The van der Waals surface area contributed by atoms with Crippen molar-refractivity contribution < 1.29 is 54.5 Å². The maximum Gasteiger partial charge on any atom is 0.525 e. The molecule has 147 heavy (non-hydrogen) atoms. The van der Waals surface area contributed by atoms with Gasteiger partial charge < -0.3 is 55.7 Å². The van der Waals surface area contributed by atoms with Crippen LogP contribution in [0, 0.1) is 13.8 Å². The van der Waals surface area contributed by atoms with Crippen molar-refractivity contribution >= 4 is 232 Å². The van der Waals surface area contributed by atoms with Crippen LogP contribution in [0.5, 0.6) is 17.2 Å². The Morgan fingerprint density at radius 3 is 1.29 bits per heavy atom. The number of aromatic nitrogens is 6. The van der Waals surface area contributed by atoms with Gasteiger partial charge in [0.05, 0.1) is 50.5 Å². The summed E-state index contributed by atoms with van der Waals surface area (Å²) in [5, 5.41) is 13.9. The summed E-state index contributed by atoms with van der Waals surface area (Å²) >= 11 is 0. The molecule has 0 N–H and O–H groups in total. The van der Waals surface area contributed by atoms with Gasteiger partial charge in [-0.15, -0.1) is 0 Å². The Morgan fingerprint density at radius 2 is 0.714 bits per heavy atom. The topological polar surface area (TPSA) is 121 Å². The fraction of sp³-hybridized carbons (Fsp3) is 0.0574. The minimum absolute atomic E-state index is 0.140. The van der Waals surface area contributed by atoms with Crippen molar-refractivity contribution in [2.24, 2.45) is 0 Å². The van der Waals surface area contributed by atoms with Crippen LogP contribution in [0.3, 0.4) is 0 Å². The van der Waals surface area contributed by atoms with Crippen molar-refractivity contribution in [3.63, 3.8) is 0 Å². The largest absolute Gasteiger partial charge is 0.536 e. The van der Waals surface area contributed by atoms with E-state index in [9.17, 15) is 0 Å². The van der Waals surface area contributed by atoms with Gasteiger partial charge in [0.25, 0.3) is 11.6 Å². The molecule has 0 saturated heterocycles. The van der Waals surface area contributed by atoms with E-state index >= 15 is 0 Å². The highest BCUT2D eigenvalue weighted by molar-refractivity contribution is 8.04. The highest BCUT2D eigenvalue weighted by atomic mass is 31.1. The fourth-order valence-corrected chi connectivity index (χ4v) is 33.1. The average Bonchev–Trinajstić information content (AvgIpc) is 1.50. The quantitative estimate of drug-likeness (QED) is 0.0931. The molecule has 15 aliphatic heterocycles. The second kappa shape index (κ2) is 29.3. The van der Waals surface area contributed by atoms with Crippen LogP contribution in [0.1, 0.15) is 33.4 Å². The molecule has 684 valence electrons. The first kappa shape index (κ1) is 80.1. The average molecular weight is 1930 g/mol. The van der Waals surface area contributed by atoms with E-state index in [1.165, 1.54) is 183 Å². The van der Waals surface area contributed by atoms with Crippen molar-refractivity contribution in [2.75, 3.05) is 24.1 Å². The molecule has 9 aromatic heterocycles. The summed E-state index contributed by atoms with van der Waals surface area (Å²) in [4.78, 5) is 12.1. The third kappa shape index (κ3) is 10.8. The molecular weight excluding hydrogens is 1850 g/mol. The summed E-state index contributed by atoms with van der Waals surface area (Å²) in [6.45, 7) is 9.45. The summed E-state index contributed by atoms with van der Waals surface area (Å²) < 4.78 is 58.8. The van der Waals surface area contributed by atoms with Gasteiger partial charge in [-0.2, -0.15) is 22.8 Å². The van der Waals surface area contributed by atoms with E-state index in [0.29, 0.717) is 13.1 Å². The van der Waals surface area contributed by atoms with Gasteiger partial charge in [-0.1, -0.05) is 242 Å². The summed E-state index contributed by atoms with van der Waals surface area (Å²) in [5.41, 5.74) is 45.6. The number of aryl methyl sites for hydroxylation is 2. The predicted molar refractivity (Wildman–Crippen MR) is 588 cm³/mol. The normalized spacial score (nSPS) is 15.9. The minimum Gasteiger partial charge on any atom is -0.536 e. The fourth-order valence-electron chi connectivity index (χ4n) is 27.2. The Balaban J connectivity index is 0.0000000774. The summed E-state index contributed by atoms with van der Waals surface area (Å²) in [6, 6.07) is 127. The smallest absolute Gasteiger partial charge is 0.525 e. The molecule has 0 radical (unpaired) electrons. The zero-order valence-electron chi connectivity index (χ0n) is 79.5. The zero-order valence-corrected chi connectivity index (χ0v) is 81.3. The van der Waals surface area contributed by atoms with E-state index < -0.39 is 15.6 Å². The molecule has 24 aromatic rings. The highest BCUT2D eigenvalue weighted by Gasteiger charge is 2.60. The van der Waals surface area contributed by atoms with Crippen molar-refractivity contribution in [3.05, 3.63) is 416 Å². The zero-order chi connectivity index (χ0) is 95.4. The van der Waals surface area contributed by atoms with Gasteiger partial charge in [-0.3, -0.25) is 4.57 Å². The Hall–Kier alpha value is -17.4. The summed E-state index contributed by atoms with van der Waals surface area (Å²) in [5.74, 6) is 3.74. The number of nitrogens with zero attached hydrogens (tertiary/aromatic N) is 11. The second-order valence-electron chi connectivity index (χ2n) is 40.9. The molecule has 0 fully saturated rings. The maximum absolute atomic E-state index is 6.61. The lowest BCUT2D eigenvalue weighted by Crippen LogP contribution is -2.51. The number of rotatable bonds is 2. The molecule has 18 nitrogen and oxygen atoms in total. The molecule has 39 rings (SSSR count). The van der Waals surface area contributed by atoms with Crippen molar-refractivity contribution in [1.82, 2.24) is 4.57 Å². The van der Waals surface area contributed by atoms with Gasteiger partial charge in [0, 0.05) is 135 Å². The first-order chi connectivity index (χ1) is 72.7. The van der Waals surface area contributed by atoms with E-state index in [1.54, 1.807) is 0 Å². The van der Waals surface area contributed by atoms with Gasteiger partial charge in [0.15, 0.2) is 51.0 Å². The Morgan fingerprint density at radius 1 is 0.286 bits per heavy atom. The SMILES string of the molecule is Cc1cc2c3[n+](c1)Cc1cccc(c1-3)B1Oc3cc4c(cc3N12)oc1ccccc14.Cc1ccc2oc3cc4c(cc3c2c1)OB1c2cccc3c2-c2c(ccc[n+]2C3)N14.c1cc2c3c(c1)B1Oc4cc5c(cc4N1c1ccc[n+](c1-3)C2)oc1ccccc15.c1ccc(P2B3c4ccc[n+]5c4-c4c(c6ccccc6n4C5)N3c3ccccc32)cc1.c1ccc(P2B3c4cccc5c4-c4c(oc[n+]4C5)N3c3ccccc32)cc1. The van der Waals surface area contributed by atoms with Crippen LogP contribution in [-0.4, -0.2) is 38.9 Å². The number of oxazole rings is 1. The van der Waals surface area contributed by atoms with Crippen molar-refractivity contribution in [3.8, 4) is 73.7 Å². The van der Waals surface area contributed by atoms with Crippen LogP contribution in [-0.2, 0) is 32.8 Å². The van der Waals surface area contributed by atoms with Gasteiger partial charge in [-0.05, 0) is 135 Å². The lowest BCUT2D eigenvalue weighted by atomic mass is 9.65. The number of furan rings is 3. The molecule has 2 unspecified atom stereocenters. The summed E-state index contributed by atoms with van der Waals surface area (Å²) in [7, 11) is -1.51. The minimum atomic E-state index is -0.547. The number of hydrogen-bond donors (Lipinski definition) is 0. The van der Waals surface area contributed by atoms with Gasteiger partial charge >= 0.3 is 40.7 Å². The number of pyridine rings is 4. The predicted octanol–water partition coefficient (Wildman–Crippen LogP) is 19.6. The molecular formula is C122H79B5N11O7P2+5. The highest BCUT2D eigenvalue weighted by Crippen LogP contribution is 2.62. The number of benzene rings is 15. The number of anilines is 10. The van der Waals surface area contributed by atoms with E-state index in [0.717, 1.165) is 139 Å². The first-order valence-corrected chi connectivity index (χ1v) is 53.5. The lowest BCUT2D eigenvalue weighted by Gasteiger charge is -2.31. The number of hydrogen-bond acceptors (Lipinski definition) is 12. The van der Waals surface area contributed by atoms with Gasteiger partial charge in [-0.25, -0.2) is 0 Å². The second-order valence-corrected chi connectivity index (χ2v) is 45.3. The third-order valence-corrected chi connectivity index (χ3v) is 38.5. The lowest BCUT2D eigenvalue weighted by molar-refractivity contribution is -0.681. The first-order valence-electron chi connectivity index (χ1n) is 50.7. The molecule has 0 bridgehead atoms. The number of fused-ring (bicyclic) bond motifs is 37. The van der Waals surface area contributed by atoms with E-state index in [4.69, 9.17) is 31.6 Å². The molecule has 25 heteroatoms. The maximum atomic E-state index is 6.61. The van der Waals surface area contributed by atoms with E-state index in [-0.39, 0.29) is 21.2 Å². The van der Waals surface area contributed by atoms with Crippen LogP contribution < -0.4 is 109 Å².